The number of carbonyl (C=O) groups excluding carboxylic acids is 1. The van der Waals surface area contributed by atoms with E-state index in [2.05, 4.69) is 5.48 Å². The lowest BCUT2D eigenvalue weighted by atomic mass is 9.73. The van der Waals surface area contributed by atoms with E-state index in [1.807, 2.05) is 11.8 Å². The van der Waals surface area contributed by atoms with Crippen molar-refractivity contribution >= 4 is 19.0 Å². The molecule has 2 aliphatic carbocycles. The van der Waals surface area contributed by atoms with Gasteiger partial charge in [-0.25, -0.2) is 10.3 Å². The number of allylic oxidation sites excluding steroid dienone is 2. The number of ether oxygens (including phenoxy) is 1. The van der Waals surface area contributed by atoms with Gasteiger partial charge in [0.25, 0.3) is 5.91 Å². The van der Waals surface area contributed by atoms with Crippen LogP contribution in [0.1, 0.15) is 32.6 Å². The molecule has 2 heterocycles. The molecule has 176 valence electrons. The maximum atomic E-state index is 12.1. The van der Waals surface area contributed by atoms with Crippen molar-refractivity contribution in [2.24, 2.45) is 11.7 Å². The normalized spacial score (nSPS) is 29.5. The van der Waals surface area contributed by atoms with Crippen LogP contribution in [0.15, 0.2) is 22.7 Å². The van der Waals surface area contributed by atoms with Crippen LogP contribution < -0.4 is 11.2 Å². The summed E-state index contributed by atoms with van der Waals surface area (Å²) in [7, 11) is -1.01. The maximum absolute atomic E-state index is 12.1. The van der Waals surface area contributed by atoms with Crippen LogP contribution in [0.4, 0.5) is 0 Å². The third-order valence-electron chi connectivity index (χ3n) is 6.43. The van der Waals surface area contributed by atoms with Gasteiger partial charge in [-0.2, -0.15) is 0 Å². The van der Waals surface area contributed by atoms with Gasteiger partial charge in [-0.15, -0.1) is 0 Å². The molecule has 0 spiro atoms. The van der Waals surface area contributed by atoms with E-state index in [1.54, 1.807) is 0 Å². The zero-order valence-corrected chi connectivity index (χ0v) is 18.0. The third kappa shape index (κ3) is 4.94. The molecule has 2 unspecified atom stereocenters. The highest BCUT2D eigenvalue weighted by Gasteiger charge is 2.40. The lowest BCUT2D eigenvalue weighted by Gasteiger charge is -2.42. The first kappa shape index (κ1) is 23.1. The summed E-state index contributed by atoms with van der Waals surface area (Å²) in [5, 5.41) is 28.8. The Bertz CT molecular complexity index is 822. The molecule has 1 saturated carbocycles. The van der Waals surface area contributed by atoms with Crippen LogP contribution in [0.2, 0.25) is 6.32 Å². The van der Waals surface area contributed by atoms with Gasteiger partial charge in [0.2, 0.25) is 0 Å². The number of likely N-dealkylation sites (tertiary alicyclic amines) is 1. The van der Waals surface area contributed by atoms with Gasteiger partial charge in [-0.3, -0.25) is 14.5 Å². The molecular formula is C20H30BN3O8. The number of hydrogen-bond acceptors (Lipinski definition) is 9. The largest absolute Gasteiger partial charge is 0.535 e. The van der Waals surface area contributed by atoms with Crippen LogP contribution in [0.5, 0.6) is 0 Å². The summed E-state index contributed by atoms with van der Waals surface area (Å²) in [6.07, 6.45) is 1.74. The lowest BCUT2D eigenvalue weighted by molar-refractivity contribution is -0.154. The van der Waals surface area contributed by atoms with Crippen molar-refractivity contribution in [2.45, 2.75) is 63.3 Å². The average Bonchev–Trinajstić information content (AvgIpc) is 2.67. The van der Waals surface area contributed by atoms with Crippen LogP contribution in [0.3, 0.4) is 0 Å². The van der Waals surface area contributed by atoms with E-state index in [9.17, 15) is 24.8 Å². The lowest BCUT2D eigenvalue weighted by Crippen LogP contribution is -2.58. The quantitative estimate of drug-likeness (QED) is 0.231. The van der Waals surface area contributed by atoms with Crippen molar-refractivity contribution in [1.82, 2.24) is 10.4 Å². The summed E-state index contributed by atoms with van der Waals surface area (Å²) in [5.41, 5.74) is 9.18. The SMILES string of the molecule is CC1CC(OC2CN(CC(N)C(=O)NOC3CC(O)C3)C2)=C(C(=O)O)C2=C1CCB(O)O2. The van der Waals surface area contributed by atoms with E-state index in [0.29, 0.717) is 57.4 Å². The number of nitrogens with one attached hydrogen (secondary N) is 1. The van der Waals surface area contributed by atoms with Crippen molar-refractivity contribution in [1.29, 1.82) is 0 Å². The van der Waals surface area contributed by atoms with Crippen molar-refractivity contribution in [3.8, 4) is 0 Å². The molecule has 12 heteroatoms. The van der Waals surface area contributed by atoms with Crippen LogP contribution in [-0.2, 0) is 23.8 Å². The number of hydrogen-bond donors (Lipinski definition) is 5. The average molecular weight is 451 g/mol. The monoisotopic (exact) mass is 451 g/mol. The minimum atomic E-state index is -1.14. The highest BCUT2D eigenvalue weighted by atomic mass is 16.7. The van der Waals surface area contributed by atoms with E-state index < -0.39 is 25.0 Å². The van der Waals surface area contributed by atoms with E-state index in [-0.39, 0.29) is 35.6 Å². The summed E-state index contributed by atoms with van der Waals surface area (Å²) in [4.78, 5) is 31.1. The molecule has 1 saturated heterocycles. The van der Waals surface area contributed by atoms with Gasteiger partial charge in [0.05, 0.1) is 18.2 Å². The van der Waals surface area contributed by atoms with Crippen molar-refractivity contribution in [3.05, 3.63) is 22.7 Å². The number of amides is 1. The molecule has 2 atom stereocenters. The van der Waals surface area contributed by atoms with Crippen LogP contribution >= 0.6 is 0 Å². The Hall–Kier alpha value is -2.12. The topological polar surface area (TPSA) is 164 Å². The minimum Gasteiger partial charge on any atom is -0.535 e. The summed E-state index contributed by atoms with van der Waals surface area (Å²) in [5.74, 6) is -0.900. The van der Waals surface area contributed by atoms with Gasteiger partial charge < -0.3 is 30.4 Å². The fourth-order valence-corrected chi connectivity index (χ4v) is 4.47. The van der Waals surface area contributed by atoms with Crippen LogP contribution in [-0.4, -0.2) is 83.1 Å². The number of aliphatic hydroxyl groups excluding tert-OH is 1. The minimum absolute atomic E-state index is 0.00959. The molecule has 32 heavy (non-hydrogen) atoms. The summed E-state index contributed by atoms with van der Waals surface area (Å²) >= 11 is 0. The Kier molecular flexibility index (Phi) is 6.77. The first-order valence-corrected chi connectivity index (χ1v) is 11.0. The van der Waals surface area contributed by atoms with Crippen molar-refractivity contribution in [2.75, 3.05) is 19.6 Å². The van der Waals surface area contributed by atoms with Crippen LogP contribution in [0, 0.1) is 5.92 Å². The standard InChI is InChI=1S/C20H30BN3O8/c1-10-4-16(17(20(27)28)18-14(10)2-3-21(29)31-18)30-13-7-24(8-13)9-15(22)19(26)23-32-12-5-11(25)6-12/h10-13,15,25,29H,2-9,22H2,1H3,(H,23,26)(H,27,28). The predicted octanol–water partition coefficient (Wildman–Crippen LogP) is -0.881. The second-order valence-electron chi connectivity index (χ2n) is 9.07. The predicted molar refractivity (Wildman–Crippen MR) is 111 cm³/mol. The second-order valence-corrected chi connectivity index (χ2v) is 9.07. The smallest absolute Gasteiger partial charge is 0.522 e. The Labute approximate surface area is 186 Å². The summed E-state index contributed by atoms with van der Waals surface area (Å²) in [6, 6.07) is -0.783. The van der Waals surface area contributed by atoms with E-state index in [1.165, 1.54) is 0 Å². The number of nitrogens with zero attached hydrogens (tertiary/aromatic N) is 1. The number of carbonyl (C=O) groups is 2. The second kappa shape index (κ2) is 9.40. The number of aliphatic carboxylic acids is 1. The van der Waals surface area contributed by atoms with Gasteiger partial charge >= 0.3 is 13.1 Å². The molecule has 1 amide bonds. The van der Waals surface area contributed by atoms with Crippen molar-refractivity contribution < 1.29 is 39.1 Å². The maximum Gasteiger partial charge on any atom is 0.522 e. The van der Waals surface area contributed by atoms with E-state index in [4.69, 9.17) is 20.0 Å². The number of aliphatic hydroxyl groups is 1. The molecule has 2 aliphatic heterocycles. The highest BCUT2D eigenvalue weighted by molar-refractivity contribution is 6.43. The van der Waals surface area contributed by atoms with Gasteiger partial charge in [0.15, 0.2) is 0 Å². The number of carboxylic acids is 1. The Balaban J connectivity index is 1.28. The Morgan fingerprint density at radius 1 is 1.34 bits per heavy atom. The number of hydroxylamine groups is 1. The van der Waals surface area contributed by atoms with Crippen LogP contribution in [0.25, 0.3) is 0 Å². The number of carboxylic acid groups (broad SMARTS) is 1. The first-order valence-electron chi connectivity index (χ1n) is 11.0. The van der Waals surface area contributed by atoms with Crippen molar-refractivity contribution in [3.63, 3.8) is 0 Å². The zero-order chi connectivity index (χ0) is 23.0. The molecule has 6 N–H and O–H groups in total. The Morgan fingerprint density at radius 2 is 2.06 bits per heavy atom. The van der Waals surface area contributed by atoms with Gasteiger partial charge in [0.1, 0.15) is 23.2 Å². The fourth-order valence-electron chi connectivity index (χ4n) is 4.47. The van der Waals surface area contributed by atoms with Gasteiger partial charge in [0, 0.05) is 38.9 Å². The highest BCUT2D eigenvalue weighted by Crippen LogP contribution is 2.41. The molecule has 4 rings (SSSR count). The van der Waals surface area contributed by atoms with Gasteiger partial charge in [-0.05, 0) is 24.2 Å². The molecule has 0 aromatic heterocycles. The summed E-state index contributed by atoms with van der Waals surface area (Å²) in [6.45, 7) is 3.33. The molecule has 0 aromatic carbocycles. The van der Waals surface area contributed by atoms with E-state index >= 15 is 0 Å². The molecular weight excluding hydrogens is 421 g/mol. The molecule has 2 fully saturated rings. The number of rotatable bonds is 8. The fraction of sp³-hybridized carbons (Fsp3) is 0.700. The summed E-state index contributed by atoms with van der Waals surface area (Å²) < 4.78 is 11.5. The first-order chi connectivity index (χ1) is 15.2. The van der Waals surface area contributed by atoms with E-state index in [0.717, 1.165) is 5.57 Å². The zero-order valence-electron chi connectivity index (χ0n) is 18.0. The van der Waals surface area contributed by atoms with Gasteiger partial charge in [-0.1, -0.05) is 6.92 Å². The molecule has 0 aromatic rings. The number of nitrogens with two attached hydrogens (primary N) is 1. The molecule has 11 nitrogen and oxygen atoms in total. The Morgan fingerprint density at radius 3 is 2.72 bits per heavy atom. The molecule has 0 bridgehead atoms. The third-order valence-corrected chi connectivity index (χ3v) is 6.43. The molecule has 4 aliphatic rings. The molecule has 0 radical (unpaired) electrons.